The van der Waals surface area contributed by atoms with Gasteiger partial charge in [0, 0.05) is 185 Å². The standard InChI is InChI=1S/C26H27N3O2.C24H20F3N3O.C24H23N3O2.C24H22N2O2.C23H18F3N3O/c1-3-23-26-22(11-13-27-23)21-10-9-19(15-24(21)28(26)2)29-14-12-20(16-25(29)30)31-17-18-7-5-4-6-8-18;1-29-10-9-20-19-7-6-18(13-21(19)28-22(20)14-29)30-11-8-16(12-23(30)31)15-2-4-17(5-3-15)24(25,26)27;1-26-11-10-21-20-8-7-18(13-22(20)25-23(21)15-26)27-12-9-19(14-24(27)28)29-16-17-5-3-2-4-6-17;27-24-15-19(28-16-17-6-2-1-3-7-17)12-13-26(24)18-10-11-21-20-8-4-5-9-22(20)25-23(21)14-18;24-23(25,26)16-3-1-14(2-4-16)15-8-10-29(22(30)11-15)17-5-6-18-19-7-9-27-13-21(19)28-20(18)12-17/h4-10,12,14-16,23,27H,3,11,13,17H2,1-2H3;2-8,11-13,28H,9-10,14H2,1H3;2-9,12-14,25H,10-11,15-16H2,1H3;1-3,6-7,10-15,25H,4-5,8-9,16H2;1-6,8,10-12,27-28H,7,9,13H2. The number of halogens is 6. The number of aromatic amines is 4. The van der Waals surface area contributed by atoms with Crippen molar-refractivity contribution in [3.8, 4) is 67.9 Å². The van der Waals surface area contributed by atoms with E-state index in [2.05, 4.69) is 109 Å². The summed E-state index contributed by atoms with van der Waals surface area (Å²) in [6.07, 6.45) is 9.79. The molecular formula is C121H110F6N14O8. The molecule has 1 unspecified atom stereocenters. The van der Waals surface area contributed by atoms with Gasteiger partial charge < -0.3 is 59.1 Å². The van der Waals surface area contributed by atoms with E-state index in [1.165, 1.54) is 143 Å². The van der Waals surface area contributed by atoms with Gasteiger partial charge in [-0.05, 0) is 267 Å². The molecule has 25 rings (SSSR count). The summed E-state index contributed by atoms with van der Waals surface area (Å²) in [5, 5.41) is 13.1. The lowest BCUT2D eigenvalue weighted by Gasteiger charge is -2.25. The van der Waals surface area contributed by atoms with Gasteiger partial charge in [-0.25, -0.2) is 0 Å². The van der Waals surface area contributed by atoms with Crippen molar-refractivity contribution in [2.45, 2.75) is 123 Å². The third-order valence-electron chi connectivity index (χ3n) is 28.8. The number of H-pyrrole nitrogens is 4. The van der Waals surface area contributed by atoms with E-state index in [1.807, 2.05) is 164 Å². The summed E-state index contributed by atoms with van der Waals surface area (Å²) in [6, 6.07) is 86.9. The summed E-state index contributed by atoms with van der Waals surface area (Å²) in [4.78, 5) is 82.3. The SMILES string of the molecule is CCC1NCCc2c1n(C)c1cc(-n3ccc(OCc4ccccc4)cc3=O)ccc21.CN1CCc2c([nH]c3cc(-n4ccc(-c5ccc(C(F)(F)F)cc5)cc4=O)ccc23)C1.CN1CCc2c([nH]c3cc(-n4ccc(OCc5ccccc5)cc4=O)ccc23)C1.O=c1cc(-c2ccc(C(F)(F)F)cc2)ccn1-c1ccc2c3c([nH]c2c1)CNCC3.O=c1cc(OCc2ccccc2)ccn1-c1ccc2c3c([nH]c2c1)CCCC3. The second kappa shape index (κ2) is 42.5. The Morgan fingerprint density at radius 3 is 1.07 bits per heavy atom. The fourth-order valence-electron chi connectivity index (χ4n) is 21.1. The van der Waals surface area contributed by atoms with Gasteiger partial charge in [-0.3, -0.25) is 46.8 Å². The molecule has 5 aliphatic rings. The highest BCUT2D eigenvalue weighted by Gasteiger charge is 2.33. The second-order valence-corrected chi connectivity index (χ2v) is 38.6. The van der Waals surface area contributed by atoms with Crippen LogP contribution in [0, 0.1) is 0 Å². The molecule has 0 fully saturated rings. The van der Waals surface area contributed by atoms with Crippen molar-refractivity contribution in [2.24, 2.45) is 7.05 Å². The molecule has 754 valence electrons. The Balaban J connectivity index is 0.000000109. The molecule has 149 heavy (non-hydrogen) atoms. The first kappa shape index (κ1) is 98.5. The van der Waals surface area contributed by atoms with Crippen LogP contribution in [0.5, 0.6) is 17.2 Å². The first-order valence-corrected chi connectivity index (χ1v) is 50.3. The molecule has 4 aliphatic heterocycles. The average molecular weight is 2000 g/mol. The number of pyridine rings is 5. The summed E-state index contributed by atoms with van der Waals surface area (Å²) < 4.78 is 104. The molecule has 0 amide bonds. The average Bonchev–Trinajstić information content (AvgIpc) is 1.60. The van der Waals surface area contributed by atoms with Crippen LogP contribution in [0.2, 0.25) is 0 Å². The second-order valence-electron chi connectivity index (χ2n) is 38.6. The zero-order valence-electron chi connectivity index (χ0n) is 82.7. The number of hydrogen-bond donors (Lipinski definition) is 6. The Morgan fingerprint density at radius 1 is 0.329 bits per heavy atom. The van der Waals surface area contributed by atoms with Gasteiger partial charge in [-0.15, -0.1) is 0 Å². The highest BCUT2D eigenvalue weighted by atomic mass is 19.4. The van der Waals surface area contributed by atoms with Crippen LogP contribution in [0.25, 0.3) is 105 Å². The number of hydrogen-bond acceptors (Lipinski definition) is 12. The summed E-state index contributed by atoms with van der Waals surface area (Å²) in [5.74, 6) is 1.74. The highest BCUT2D eigenvalue weighted by Crippen LogP contribution is 2.40. The molecule has 10 aromatic heterocycles. The van der Waals surface area contributed by atoms with Gasteiger partial charge in [0.15, 0.2) is 0 Å². The fraction of sp³-hybridized carbons (Fsp3) is 0.215. The van der Waals surface area contributed by atoms with Crippen LogP contribution in [-0.2, 0) is 97.4 Å². The van der Waals surface area contributed by atoms with Crippen molar-refractivity contribution >= 4 is 54.5 Å². The van der Waals surface area contributed by atoms with E-state index in [-0.39, 0.29) is 27.8 Å². The fourth-order valence-corrected chi connectivity index (χ4v) is 21.1. The monoisotopic (exact) mass is 2000 g/mol. The number of aryl methyl sites for hydroxylation is 3. The molecule has 28 heteroatoms. The minimum Gasteiger partial charge on any atom is -0.489 e. The van der Waals surface area contributed by atoms with E-state index in [4.69, 9.17) is 14.2 Å². The highest BCUT2D eigenvalue weighted by molar-refractivity contribution is 5.91. The number of fused-ring (bicyclic) bond motifs is 15. The van der Waals surface area contributed by atoms with Crippen LogP contribution in [-0.4, -0.2) is 97.4 Å². The quantitative estimate of drug-likeness (QED) is 0.0467. The molecule has 6 N–H and O–H groups in total. The van der Waals surface area contributed by atoms with Crippen LogP contribution in [0.15, 0.2) is 346 Å². The molecule has 14 heterocycles. The van der Waals surface area contributed by atoms with E-state index >= 15 is 0 Å². The molecule has 1 aliphatic carbocycles. The van der Waals surface area contributed by atoms with Gasteiger partial charge in [0.2, 0.25) is 0 Å². The third kappa shape index (κ3) is 21.5. The summed E-state index contributed by atoms with van der Waals surface area (Å²) in [6.45, 7) is 10.2. The van der Waals surface area contributed by atoms with Crippen molar-refractivity contribution in [2.75, 3.05) is 40.3 Å². The number of aromatic nitrogens is 10. The molecular weight excluding hydrogens is 1890 g/mol. The minimum atomic E-state index is -4.38. The number of ether oxygens (including phenoxy) is 3. The molecule has 0 bridgehead atoms. The lowest BCUT2D eigenvalue weighted by molar-refractivity contribution is -0.138. The molecule has 0 radical (unpaired) electrons. The van der Waals surface area contributed by atoms with Crippen LogP contribution in [0.1, 0.15) is 116 Å². The molecule has 1 atom stereocenters. The lowest BCUT2D eigenvalue weighted by atomic mass is 9.96. The molecule has 0 saturated heterocycles. The van der Waals surface area contributed by atoms with Gasteiger partial charge in [0.05, 0.1) is 45.1 Å². The van der Waals surface area contributed by atoms with E-state index in [1.54, 1.807) is 79.6 Å². The number of nitrogens with one attached hydrogen (secondary N) is 6. The smallest absolute Gasteiger partial charge is 0.416 e. The number of benzene rings is 10. The Labute approximate surface area is 853 Å². The van der Waals surface area contributed by atoms with Crippen LogP contribution in [0.3, 0.4) is 0 Å². The maximum absolute atomic E-state index is 12.8. The predicted molar refractivity (Wildman–Crippen MR) is 574 cm³/mol. The first-order chi connectivity index (χ1) is 72.3. The summed E-state index contributed by atoms with van der Waals surface area (Å²) in [7, 11) is 6.36. The number of rotatable bonds is 17. The van der Waals surface area contributed by atoms with Crippen molar-refractivity contribution < 1.29 is 40.6 Å². The van der Waals surface area contributed by atoms with Gasteiger partial charge in [0.25, 0.3) is 27.8 Å². The van der Waals surface area contributed by atoms with E-state index in [0.29, 0.717) is 65.4 Å². The zero-order chi connectivity index (χ0) is 103. The maximum atomic E-state index is 12.8. The zero-order valence-corrected chi connectivity index (χ0v) is 82.7. The number of nitrogens with zero attached hydrogens (tertiary/aromatic N) is 8. The largest absolute Gasteiger partial charge is 0.489 e. The normalized spacial score (nSPS) is 14.4. The maximum Gasteiger partial charge on any atom is 0.416 e. The van der Waals surface area contributed by atoms with Crippen molar-refractivity contribution in [3.63, 3.8) is 0 Å². The number of alkyl halides is 6. The van der Waals surface area contributed by atoms with E-state index < -0.39 is 23.5 Å². The molecule has 22 nitrogen and oxygen atoms in total. The van der Waals surface area contributed by atoms with Gasteiger partial charge >= 0.3 is 12.4 Å². The molecule has 20 aromatic rings. The Bertz CT molecular complexity index is 8670. The van der Waals surface area contributed by atoms with Crippen molar-refractivity contribution in [1.29, 1.82) is 0 Å². The Morgan fingerprint density at radius 2 is 0.678 bits per heavy atom. The third-order valence-corrected chi connectivity index (χ3v) is 28.8. The van der Waals surface area contributed by atoms with E-state index in [0.717, 1.165) is 182 Å². The van der Waals surface area contributed by atoms with Crippen molar-refractivity contribution in [3.05, 3.63) is 458 Å². The molecule has 0 spiro atoms. The van der Waals surface area contributed by atoms with Crippen LogP contribution >= 0.6 is 0 Å². The van der Waals surface area contributed by atoms with E-state index in [9.17, 15) is 50.3 Å². The Kier molecular flexibility index (Phi) is 28.1. The van der Waals surface area contributed by atoms with Gasteiger partial charge in [-0.1, -0.05) is 153 Å². The van der Waals surface area contributed by atoms with Gasteiger partial charge in [0.1, 0.15) is 37.1 Å². The minimum absolute atomic E-state index is 0.0961. The van der Waals surface area contributed by atoms with Gasteiger partial charge in [-0.2, -0.15) is 26.3 Å². The van der Waals surface area contributed by atoms with Crippen molar-refractivity contribution in [1.82, 2.24) is 67.8 Å². The lowest BCUT2D eigenvalue weighted by Crippen LogP contribution is -2.30. The summed E-state index contributed by atoms with van der Waals surface area (Å²) in [5.41, 5.74) is 26.0. The Hall–Kier alpha value is -16.5. The number of likely N-dealkylation sites (N-methyl/N-ethyl adjacent to an activating group) is 2. The topological polar surface area (TPSA) is 236 Å². The summed E-state index contributed by atoms with van der Waals surface area (Å²) >= 11 is 0. The first-order valence-electron chi connectivity index (χ1n) is 50.3. The molecule has 10 aromatic carbocycles. The van der Waals surface area contributed by atoms with Crippen LogP contribution < -0.4 is 52.6 Å². The van der Waals surface area contributed by atoms with Crippen LogP contribution in [0.4, 0.5) is 26.3 Å². The molecule has 0 saturated carbocycles. The predicted octanol–water partition coefficient (Wildman–Crippen LogP) is 22.8.